The van der Waals surface area contributed by atoms with Crippen molar-refractivity contribution in [2.75, 3.05) is 13.2 Å². The monoisotopic (exact) mass is 588 g/mol. The zero-order chi connectivity index (χ0) is 28.9. The Morgan fingerprint density at radius 3 is 1.33 bits per heavy atom. The van der Waals surface area contributed by atoms with E-state index in [4.69, 9.17) is 4.74 Å². The Hall–Kier alpha value is -3.98. The zero-order valence-electron chi connectivity index (χ0n) is 25.0. The van der Waals surface area contributed by atoms with Crippen molar-refractivity contribution >= 4 is 23.3 Å². The van der Waals surface area contributed by atoms with E-state index in [1.54, 1.807) is 0 Å². The number of aromatic nitrogens is 4. The first kappa shape index (κ1) is 35.2. The lowest BCUT2D eigenvalue weighted by atomic mass is 10.1. The zero-order valence-corrected chi connectivity index (χ0v) is 25.0. The SMILES string of the molecule is C.C.CCn1cc[n+](CC)c1N=Nc1ccc(CCCOCCCc2ccc(N=Nc3n(CC)cc[n+]3CC)cc2)cc1. The van der Waals surface area contributed by atoms with Gasteiger partial charge < -0.3 is 4.74 Å². The molecule has 9 heteroatoms. The van der Waals surface area contributed by atoms with Gasteiger partial charge in [-0.1, -0.05) is 49.3 Å². The van der Waals surface area contributed by atoms with Crippen molar-refractivity contribution in [1.82, 2.24) is 9.13 Å². The van der Waals surface area contributed by atoms with Crippen LogP contribution >= 0.6 is 0 Å². The number of nitrogens with zero attached hydrogens (tertiary/aromatic N) is 8. The second-order valence-corrected chi connectivity index (χ2v) is 9.89. The van der Waals surface area contributed by atoms with Crippen molar-refractivity contribution in [2.45, 2.75) is 94.4 Å². The molecule has 0 fully saturated rings. The van der Waals surface area contributed by atoms with Crippen LogP contribution in [0.4, 0.5) is 23.3 Å². The van der Waals surface area contributed by atoms with Gasteiger partial charge in [0.2, 0.25) is 0 Å². The van der Waals surface area contributed by atoms with Gasteiger partial charge in [-0.05, 0) is 88.8 Å². The second-order valence-electron chi connectivity index (χ2n) is 9.89. The molecule has 9 nitrogen and oxygen atoms in total. The highest BCUT2D eigenvalue weighted by atomic mass is 16.5. The molecule has 4 aromatic rings. The Morgan fingerprint density at radius 1 is 0.581 bits per heavy atom. The van der Waals surface area contributed by atoms with Gasteiger partial charge in [0.25, 0.3) is 0 Å². The summed E-state index contributed by atoms with van der Waals surface area (Å²) in [6.45, 7) is 13.5. The van der Waals surface area contributed by atoms with Crippen LogP contribution in [0.15, 0.2) is 93.8 Å². The van der Waals surface area contributed by atoms with Gasteiger partial charge in [-0.15, -0.1) is 0 Å². The van der Waals surface area contributed by atoms with Crippen LogP contribution < -0.4 is 9.13 Å². The third-order valence-electron chi connectivity index (χ3n) is 7.13. The van der Waals surface area contributed by atoms with Crippen LogP contribution in [0.25, 0.3) is 0 Å². The van der Waals surface area contributed by atoms with Gasteiger partial charge in [-0.2, -0.15) is 0 Å². The number of imidazole rings is 2. The van der Waals surface area contributed by atoms with Gasteiger partial charge in [0.05, 0.1) is 51.0 Å². The number of azo groups is 2. The fraction of sp³-hybridized carbons (Fsp3) is 0.471. The lowest BCUT2D eigenvalue weighted by Crippen LogP contribution is -2.30. The molecule has 43 heavy (non-hydrogen) atoms. The minimum absolute atomic E-state index is 0. The van der Waals surface area contributed by atoms with Crippen molar-refractivity contribution < 1.29 is 13.9 Å². The summed E-state index contributed by atoms with van der Waals surface area (Å²) >= 11 is 0. The predicted molar refractivity (Wildman–Crippen MR) is 174 cm³/mol. The lowest BCUT2D eigenvalue weighted by molar-refractivity contribution is -0.680. The first-order valence-electron chi connectivity index (χ1n) is 14.9. The summed E-state index contributed by atoms with van der Waals surface area (Å²) in [5.74, 6) is 1.75. The molecule has 0 unspecified atom stereocenters. The third kappa shape index (κ3) is 10.1. The van der Waals surface area contributed by atoms with Crippen molar-refractivity contribution in [3.05, 3.63) is 84.4 Å². The Balaban J connectivity index is 0.00000323. The largest absolute Gasteiger partial charge is 0.421 e. The molecule has 0 aliphatic carbocycles. The van der Waals surface area contributed by atoms with E-state index in [1.165, 1.54) is 11.1 Å². The molecule has 0 aliphatic rings. The maximum Gasteiger partial charge on any atom is 0.421 e. The van der Waals surface area contributed by atoms with E-state index >= 15 is 0 Å². The highest BCUT2D eigenvalue weighted by Gasteiger charge is 2.15. The molecule has 0 radical (unpaired) electrons. The van der Waals surface area contributed by atoms with Crippen LogP contribution in [-0.2, 0) is 43.8 Å². The summed E-state index contributed by atoms with van der Waals surface area (Å²) in [6, 6.07) is 16.7. The fourth-order valence-corrected chi connectivity index (χ4v) is 4.66. The van der Waals surface area contributed by atoms with Gasteiger partial charge in [0, 0.05) is 23.4 Å². The van der Waals surface area contributed by atoms with Gasteiger partial charge in [0.1, 0.15) is 11.4 Å². The lowest BCUT2D eigenvalue weighted by Gasteiger charge is -2.05. The summed E-state index contributed by atoms with van der Waals surface area (Å²) < 4.78 is 14.3. The average Bonchev–Trinajstić information content (AvgIpc) is 3.62. The van der Waals surface area contributed by atoms with Crippen LogP contribution in [0, 0.1) is 0 Å². The molecule has 0 N–H and O–H groups in total. The molecule has 2 aromatic carbocycles. The summed E-state index contributed by atoms with van der Waals surface area (Å²) in [4.78, 5) is 0. The molecular formula is C34H52N8O+2. The number of benzene rings is 2. The minimum Gasteiger partial charge on any atom is -0.381 e. The molecule has 0 saturated carbocycles. The first-order valence-corrected chi connectivity index (χ1v) is 14.9. The molecule has 232 valence electrons. The van der Waals surface area contributed by atoms with Crippen LogP contribution in [0.5, 0.6) is 0 Å². The number of hydrogen-bond acceptors (Lipinski definition) is 5. The molecule has 0 bridgehead atoms. The fourth-order valence-electron chi connectivity index (χ4n) is 4.66. The van der Waals surface area contributed by atoms with E-state index in [0.29, 0.717) is 0 Å². The second kappa shape index (κ2) is 18.5. The molecule has 0 spiro atoms. The third-order valence-corrected chi connectivity index (χ3v) is 7.13. The molecule has 0 saturated heterocycles. The van der Waals surface area contributed by atoms with E-state index in [2.05, 4.69) is 90.7 Å². The standard InChI is InChI=1S/C32H44N8O.2CH4/c1-5-37-21-22-38(6-2)31(37)35-33-29-17-13-27(14-18-29)11-9-25-41-26-10-12-28-15-19-30(20-16-28)34-36-32-39(7-3)23-24-40(32)8-4;;/h13-24H,5-12,25-26H2,1-4H3;2*1H4/q+2;;. The quantitative estimate of drug-likeness (QED) is 0.0733. The number of hydrogen-bond donors (Lipinski definition) is 0. The van der Waals surface area contributed by atoms with Crippen molar-refractivity contribution in [3.63, 3.8) is 0 Å². The highest BCUT2D eigenvalue weighted by molar-refractivity contribution is 5.39. The maximum absolute atomic E-state index is 5.90. The summed E-state index contributed by atoms with van der Waals surface area (Å²) in [6.07, 6.45) is 12.2. The van der Waals surface area contributed by atoms with Crippen molar-refractivity contribution in [2.24, 2.45) is 20.5 Å². The Bertz CT molecular complexity index is 1250. The minimum atomic E-state index is 0. The van der Waals surface area contributed by atoms with Crippen LogP contribution in [0.3, 0.4) is 0 Å². The molecule has 4 rings (SSSR count). The average molecular weight is 589 g/mol. The van der Waals surface area contributed by atoms with E-state index in [9.17, 15) is 0 Å². The summed E-state index contributed by atoms with van der Waals surface area (Å²) in [5, 5.41) is 17.9. The maximum atomic E-state index is 5.90. The topological polar surface area (TPSA) is 76.3 Å². The van der Waals surface area contributed by atoms with Gasteiger partial charge in [-0.3, -0.25) is 0 Å². The van der Waals surface area contributed by atoms with E-state index in [0.717, 1.165) is 88.3 Å². The predicted octanol–water partition coefficient (Wildman–Crippen LogP) is 8.63. The number of aryl methyl sites for hydroxylation is 6. The van der Waals surface area contributed by atoms with Crippen molar-refractivity contribution in [1.29, 1.82) is 0 Å². The summed E-state index contributed by atoms with van der Waals surface area (Å²) in [7, 11) is 0. The molecule has 0 amide bonds. The Kier molecular flexibility index (Phi) is 15.2. The summed E-state index contributed by atoms with van der Waals surface area (Å²) in [5.41, 5.74) is 4.31. The van der Waals surface area contributed by atoms with E-state index in [1.807, 2.05) is 49.1 Å². The first-order chi connectivity index (χ1) is 20.1. The highest BCUT2D eigenvalue weighted by Crippen LogP contribution is 2.19. The molecule has 2 aromatic heterocycles. The van der Waals surface area contributed by atoms with Crippen LogP contribution in [-0.4, -0.2) is 22.3 Å². The molecule has 2 heterocycles. The van der Waals surface area contributed by atoms with Gasteiger partial charge in [-0.25, -0.2) is 18.3 Å². The number of rotatable bonds is 16. The number of ether oxygens (including phenoxy) is 1. The smallest absolute Gasteiger partial charge is 0.381 e. The van der Waals surface area contributed by atoms with Crippen molar-refractivity contribution in [3.8, 4) is 0 Å². The van der Waals surface area contributed by atoms with E-state index in [-0.39, 0.29) is 14.9 Å². The van der Waals surface area contributed by atoms with Gasteiger partial charge in [0.15, 0.2) is 0 Å². The Morgan fingerprint density at radius 2 is 0.977 bits per heavy atom. The normalized spacial score (nSPS) is 11.3. The Labute approximate surface area is 258 Å². The molecule has 0 atom stereocenters. The van der Waals surface area contributed by atoms with Crippen LogP contribution in [0.2, 0.25) is 0 Å². The van der Waals surface area contributed by atoms with E-state index < -0.39 is 0 Å². The molecular weight excluding hydrogens is 536 g/mol. The van der Waals surface area contributed by atoms with Gasteiger partial charge >= 0.3 is 11.9 Å². The van der Waals surface area contributed by atoms with Crippen LogP contribution in [0.1, 0.15) is 66.5 Å². The molecule has 0 aliphatic heterocycles.